The number of sulfone groups is 1. The molecule has 0 amide bonds. The van der Waals surface area contributed by atoms with Crippen LogP contribution in [-0.2, 0) is 9.84 Å². The number of rotatable bonds is 6. The molecule has 1 aromatic heterocycles. The van der Waals surface area contributed by atoms with Crippen LogP contribution in [0, 0.1) is 17.6 Å². The Labute approximate surface area is 163 Å². The van der Waals surface area contributed by atoms with Gasteiger partial charge in [-0.25, -0.2) is 27.2 Å². The molecule has 10 heteroatoms. The standard InChI is InChI=1S/C18H23F2N5O2S/c1-25(10-12-3-5-21-6-4-12)18-9-17(22-11-23-18)24-15-7-14(20)16(8-13(15)19)28(2,26)27/h7-9,11-12,21H,3-6,10H2,1-2H3,(H,22,23,24). The molecule has 1 aliphatic heterocycles. The summed E-state index contributed by atoms with van der Waals surface area (Å²) in [7, 11) is -1.93. The van der Waals surface area contributed by atoms with Gasteiger partial charge in [-0.2, -0.15) is 0 Å². The maximum Gasteiger partial charge on any atom is 0.178 e. The van der Waals surface area contributed by atoms with E-state index in [0.29, 0.717) is 17.8 Å². The van der Waals surface area contributed by atoms with E-state index < -0.39 is 26.4 Å². The highest BCUT2D eigenvalue weighted by Gasteiger charge is 2.19. The highest BCUT2D eigenvalue weighted by Crippen LogP contribution is 2.26. The van der Waals surface area contributed by atoms with Crippen LogP contribution in [-0.4, -0.2) is 51.3 Å². The number of hydrogen-bond acceptors (Lipinski definition) is 7. The summed E-state index contributed by atoms with van der Waals surface area (Å²) in [5, 5.41) is 6.02. The van der Waals surface area contributed by atoms with Gasteiger partial charge in [0.1, 0.15) is 34.5 Å². The molecular weight excluding hydrogens is 388 g/mol. The molecule has 0 radical (unpaired) electrons. The lowest BCUT2D eigenvalue weighted by atomic mass is 9.98. The number of benzene rings is 1. The molecule has 1 fully saturated rings. The fraction of sp³-hybridized carbons (Fsp3) is 0.444. The highest BCUT2D eigenvalue weighted by molar-refractivity contribution is 7.90. The van der Waals surface area contributed by atoms with E-state index in [0.717, 1.165) is 44.8 Å². The van der Waals surface area contributed by atoms with Gasteiger partial charge in [0.2, 0.25) is 0 Å². The molecule has 152 valence electrons. The molecule has 2 N–H and O–H groups in total. The van der Waals surface area contributed by atoms with Crippen LogP contribution in [0.1, 0.15) is 12.8 Å². The van der Waals surface area contributed by atoms with Crippen LogP contribution in [0.2, 0.25) is 0 Å². The Morgan fingerprint density at radius 2 is 1.89 bits per heavy atom. The molecule has 0 unspecified atom stereocenters. The van der Waals surface area contributed by atoms with E-state index in [2.05, 4.69) is 20.6 Å². The maximum absolute atomic E-state index is 14.3. The van der Waals surface area contributed by atoms with Crippen molar-refractivity contribution in [2.45, 2.75) is 17.7 Å². The summed E-state index contributed by atoms with van der Waals surface area (Å²) < 4.78 is 51.3. The predicted octanol–water partition coefficient (Wildman–Crippen LogP) is 2.34. The van der Waals surface area contributed by atoms with Gasteiger partial charge in [0.15, 0.2) is 9.84 Å². The van der Waals surface area contributed by atoms with E-state index >= 15 is 0 Å². The number of nitrogens with zero attached hydrogens (tertiary/aromatic N) is 3. The summed E-state index contributed by atoms with van der Waals surface area (Å²) in [6.07, 6.45) is 4.36. The molecule has 3 rings (SSSR count). The summed E-state index contributed by atoms with van der Waals surface area (Å²) in [5.41, 5.74) is -0.199. The minimum Gasteiger partial charge on any atom is -0.359 e. The van der Waals surface area contributed by atoms with Crippen molar-refractivity contribution >= 4 is 27.2 Å². The molecule has 0 saturated carbocycles. The van der Waals surface area contributed by atoms with Crippen molar-refractivity contribution in [2.75, 3.05) is 43.2 Å². The quantitative estimate of drug-likeness (QED) is 0.754. The largest absolute Gasteiger partial charge is 0.359 e. The van der Waals surface area contributed by atoms with Crippen molar-refractivity contribution in [1.82, 2.24) is 15.3 Å². The summed E-state index contributed by atoms with van der Waals surface area (Å²) >= 11 is 0. The Bertz CT molecular complexity index is 949. The number of nitrogens with one attached hydrogen (secondary N) is 2. The highest BCUT2D eigenvalue weighted by atomic mass is 32.2. The molecule has 0 atom stereocenters. The van der Waals surface area contributed by atoms with Crippen LogP contribution in [0.3, 0.4) is 0 Å². The van der Waals surface area contributed by atoms with Gasteiger partial charge < -0.3 is 15.5 Å². The molecule has 0 bridgehead atoms. The Hall–Kier alpha value is -2.33. The van der Waals surface area contributed by atoms with E-state index in [4.69, 9.17) is 0 Å². The first-order chi connectivity index (χ1) is 13.2. The van der Waals surface area contributed by atoms with Gasteiger partial charge in [-0.3, -0.25) is 0 Å². The van der Waals surface area contributed by atoms with Crippen molar-refractivity contribution in [3.63, 3.8) is 0 Å². The second-order valence-electron chi connectivity index (χ2n) is 6.99. The van der Waals surface area contributed by atoms with Crippen LogP contribution in [0.15, 0.2) is 29.4 Å². The van der Waals surface area contributed by atoms with E-state index in [1.165, 1.54) is 6.33 Å². The van der Waals surface area contributed by atoms with Gasteiger partial charge in [0.05, 0.1) is 5.69 Å². The number of halogens is 2. The average Bonchev–Trinajstić information content (AvgIpc) is 2.64. The number of piperidine rings is 1. The summed E-state index contributed by atoms with van der Waals surface area (Å²) in [6, 6.07) is 3.12. The topological polar surface area (TPSA) is 87.2 Å². The Morgan fingerprint density at radius 3 is 2.57 bits per heavy atom. The zero-order valence-corrected chi connectivity index (χ0v) is 16.6. The molecule has 2 aromatic rings. The van der Waals surface area contributed by atoms with Gasteiger partial charge in [0.25, 0.3) is 0 Å². The summed E-state index contributed by atoms with van der Waals surface area (Å²) in [5.74, 6) is -0.404. The van der Waals surface area contributed by atoms with E-state index in [1.807, 2.05) is 11.9 Å². The lowest BCUT2D eigenvalue weighted by Gasteiger charge is -2.28. The van der Waals surface area contributed by atoms with Crippen LogP contribution < -0.4 is 15.5 Å². The van der Waals surface area contributed by atoms with Crippen LogP contribution in [0.5, 0.6) is 0 Å². The molecule has 1 aromatic carbocycles. The minimum absolute atomic E-state index is 0.199. The summed E-state index contributed by atoms with van der Waals surface area (Å²) in [6.45, 7) is 2.84. The zero-order valence-electron chi connectivity index (χ0n) is 15.7. The van der Waals surface area contributed by atoms with E-state index in [1.54, 1.807) is 6.07 Å². The number of anilines is 3. The fourth-order valence-electron chi connectivity index (χ4n) is 3.22. The third kappa shape index (κ3) is 4.93. The second kappa shape index (κ2) is 8.36. The number of hydrogen-bond donors (Lipinski definition) is 2. The Morgan fingerprint density at radius 1 is 1.18 bits per heavy atom. The smallest absolute Gasteiger partial charge is 0.178 e. The lowest BCUT2D eigenvalue weighted by Crippen LogP contribution is -2.34. The van der Waals surface area contributed by atoms with Gasteiger partial charge in [-0.1, -0.05) is 0 Å². The molecule has 2 heterocycles. The third-order valence-electron chi connectivity index (χ3n) is 4.72. The van der Waals surface area contributed by atoms with Crippen molar-refractivity contribution in [2.24, 2.45) is 5.92 Å². The molecule has 7 nitrogen and oxygen atoms in total. The van der Waals surface area contributed by atoms with E-state index in [9.17, 15) is 17.2 Å². The van der Waals surface area contributed by atoms with Crippen molar-refractivity contribution in [3.8, 4) is 0 Å². The van der Waals surface area contributed by atoms with Gasteiger partial charge in [-0.15, -0.1) is 0 Å². The first-order valence-corrected chi connectivity index (χ1v) is 10.8. The lowest BCUT2D eigenvalue weighted by molar-refractivity contribution is 0.377. The van der Waals surface area contributed by atoms with Crippen molar-refractivity contribution in [3.05, 3.63) is 36.2 Å². The van der Waals surface area contributed by atoms with Crippen LogP contribution in [0.4, 0.5) is 26.1 Å². The third-order valence-corrected chi connectivity index (χ3v) is 5.83. The molecule has 0 aliphatic carbocycles. The van der Waals surface area contributed by atoms with Crippen LogP contribution in [0.25, 0.3) is 0 Å². The van der Waals surface area contributed by atoms with E-state index in [-0.39, 0.29) is 11.5 Å². The van der Waals surface area contributed by atoms with Crippen LogP contribution >= 0.6 is 0 Å². The van der Waals surface area contributed by atoms with Gasteiger partial charge >= 0.3 is 0 Å². The molecule has 1 saturated heterocycles. The van der Waals surface area contributed by atoms with Gasteiger partial charge in [0, 0.05) is 32.0 Å². The molecule has 28 heavy (non-hydrogen) atoms. The predicted molar refractivity (Wildman–Crippen MR) is 104 cm³/mol. The Balaban J connectivity index is 1.76. The molecular formula is C18H23F2N5O2S. The normalized spacial score (nSPS) is 15.4. The molecule has 1 aliphatic rings. The Kier molecular flexibility index (Phi) is 6.09. The number of aromatic nitrogens is 2. The first kappa shape index (κ1) is 20.4. The zero-order chi connectivity index (χ0) is 20.3. The van der Waals surface area contributed by atoms with Crippen molar-refractivity contribution < 1.29 is 17.2 Å². The van der Waals surface area contributed by atoms with Gasteiger partial charge in [-0.05, 0) is 37.9 Å². The molecule has 0 spiro atoms. The fourth-order valence-corrected chi connectivity index (χ4v) is 3.95. The summed E-state index contributed by atoms with van der Waals surface area (Å²) in [4.78, 5) is 9.61. The SMILES string of the molecule is CN(CC1CCNCC1)c1cc(Nc2cc(F)c(S(C)(=O)=O)cc2F)ncn1. The average molecular weight is 411 g/mol. The van der Waals surface area contributed by atoms with Crippen molar-refractivity contribution in [1.29, 1.82) is 0 Å². The maximum atomic E-state index is 14.3. The first-order valence-electron chi connectivity index (χ1n) is 8.94. The second-order valence-corrected chi connectivity index (χ2v) is 8.98. The monoisotopic (exact) mass is 411 g/mol. The minimum atomic E-state index is -3.86.